The van der Waals surface area contributed by atoms with E-state index in [9.17, 15) is 4.79 Å². The lowest BCUT2D eigenvalue weighted by Gasteiger charge is -2.09. The van der Waals surface area contributed by atoms with E-state index in [-0.39, 0.29) is 11.2 Å². The number of hydrogen-bond acceptors (Lipinski definition) is 2. The zero-order valence-corrected chi connectivity index (χ0v) is 15.2. The molecule has 124 valence electrons. The number of amides is 1. The molecule has 2 aromatic carbocycles. The molecule has 1 amide bonds. The third kappa shape index (κ3) is 3.91. The van der Waals surface area contributed by atoms with Gasteiger partial charge in [-0.05, 0) is 23.3 Å². The van der Waals surface area contributed by atoms with Crippen molar-refractivity contribution in [2.45, 2.75) is 13.2 Å². The number of benzene rings is 2. The Morgan fingerprint density at radius 1 is 1.25 bits per heavy atom. The van der Waals surface area contributed by atoms with Gasteiger partial charge in [-0.1, -0.05) is 57.9 Å². The van der Waals surface area contributed by atoms with E-state index in [0.717, 1.165) is 22.0 Å². The molecule has 0 fully saturated rings. The fourth-order valence-corrected chi connectivity index (χ4v) is 2.83. The van der Waals surface area contributed by atoms with Crippen LogP contribution in [-0.2, 0) is 17.9 Å². The molecule has 2 N–H and O–H groups in total. The molecule has 0 aliphatic carbocycles. The molecule has 0 aliphatic heterocycles. The lowest BCUT2D eigenvalue weighted by atomic mass is 10.1. The summed E-state index contributed by atoms with van der Waals surface area (Å²) in [6.45, 7) is 0.899. The average Bonchev–Trinajstić information content (AvgIpc) is 3.00. The standard InChI is InChI=1S/C18H16BrClN2O2/c19-8-18(23)22-10-13-9-21-16-7-15(20)17(6-14(13)16)24-11-12-4-2-1-3-5-12/h1-7,9,21H,8,10-11H2,(H,22,23). The molecule has 6 heteroatoms. The fraction of sp³-hybridized carbons (Fsp3) is 0.167. The van der Waals surface area contributed by atoms with Crippen LogP contribution in [0.25, 0.3) is 10.9 Å². The summed E-state index contributed by atoms with van der Waals surface area (Å²) in [5.41, 5.74) is 2.98. The molecule has 4 nitrogen and oxygen atoms in total. The summed E-state index contributed by atoms with van der Waals surface area (Å²) in [5, 5.41) is 4.66. The highest BCUT2D eigenvalue weighted by Gasteiger charge is 2.10. The average molecular weight is 408 g/mol. The lowest BCUT2D eigenvalue weighted by molar-refractivity contribution is -0.118. The summed E-state index contributed by atoms with van der Waals surface area (Å²) >= 11 is 9.44. The number of carbonyl (C=O) groups excluding carboxylic acids is 1. The van der Waals surface area contributed by atoms with Crippen molar-refractivity contribution in [3.05, 3.63) is 64.8 Å². The maximum absolute atomic E-state index is 11.4. The minimum Gasteiger partial charge on any atom is -0.487 e. The van der Waals surface area contributed by atoms with Gasteiger partial charge in [-0.15, -0.1) is 0 Å². The van der Waals surface area contributed by atoms with Crippen LogP contribution in [0.4, 0.5) is 0 Å². The highest BCUT2D eigenvalue weighted by molar-refractivity contribution is 9.09. The van der Waals surface area contributed by atoms with Gasteiger partial charge in [-0.25, -0.2) is 0 Å². The molecule has 0 saturated heterocycles. The van der Waals surface area contributed by atoms with Crippen molar-refractivity contribution >= 4 is 44.3 Å². The van der Waals surface area contributed by atoms with Gasteiger partial charge in [0.1, 0.15) is 12.4 Å². The van der Waals surface area contributed by atoms with Crippen LogP contribution in [0.1, 0.15) is 11.1 Å². The van der Waals surface area contributed by atoms with Crippen molar-refractivity contribution in [1.29, 1.82) is 0 Å². The number of alkyl halides is 1. The molecular formula is C18H16BrClN2O2. The summed E-state index contributed by atoms with van der Waals surface area (Å²) in [5.74, 6) is 0.569. The minimum absolute atomic E-state index is 0.0566. The van der Waals surface area contributed by atoms with Crippen LogP contribution in [0.3, 0.4) is 0 Å². The third-order valence-electron chi connectivity index (χ3n) is 3.65. The van der Waals surface area contributed by atoms with Crippen molar-refractivity contribution in [3.63, 3.8) is 0 Å². The van der Waals surface area contributed by atoms with Crippen LogP contribution in [-0.4, -0.2) is 16.2 Å². The Hall–Kier alpha value is -1.98. The molecule has 1 aromatic heterocycles. The Kier molecular flexibility index (Phi) is 5.43. The second-order valence-corrected chi connectivity index (χ2v) is 6.29. The van der Waals surface area contributed by atoms with E-state index in [2.05, 4.69) is 26.2 Å². The number of H-pyrrole nitrogens is 1. The van der Waals surface area contributed by atoms with Crippen LogP contribution >= 0.6 is 27.5 Å². The maximum atomic E-state index is 11.4. The van der Waals surface area contributed by atoms with Crippen LogP contribution in [0.5, 0.6) is 5.75 Å². The van der Waals surface area contributed by atoms with E-state index in [0.29, 0.717) is 23.9 Å². The van der Waals surface area contributed by atoms with Gasteiger partial charge in [-0.2, -0.15) is 0 Å². The molecule has 0 bridgehead atoms. The van der Waals surface area contributed by atoms with Gasteiger partial charge in [0.25, 0.3) is 0 Å². The zero-order chi connectivity index (χ0) is 16.9. The first-order chi connectivity index (χ1) is 11.7. The fourth-order valence-electron chi connectivity index (χ4n) is 2.41. The van der Waals surface area contributed by atoms with Crippen LogP contribution in [0, 0.1) is 0 Å². The van der Waals surface area contributed by atoms with E-state index in [1.807, 2.05) is 48.7 Å². The van der Waals surface area contributed by atoms with E-state index in [1.165, 1.54) is 0 Å². The molecule has 0 radical (unpaired) electrons. The molecule has 0 aliphatic rings. The second-order valence-electron chi connectivity index (χ2n) is 5.33. The van der Waals surface area contributed by atoms with Gasteiger partial charge in [0.15, 0.2) is 0 Å². The van der Waals surface area contributed by atoms with Crippen LogP contribution in [0.2, 0.25) is 5.02 Å². The second kappa shape index (κ2) is 7.73. The Balaban J connectivity index is 1.80. The summed E-state index contributed by atoms with van der Waals surface area (Å²) in [6.07, 6.45) is 1.87. The number of nitrogens with one attached hydrogen (secondary N) is 2. The zero-order valence-electron chi connectivity index (χ0n) is 12.8. The molecule has 24 heavy (non-hydrogen) atoms. The number of fused-ring (bicyclic) bond motifs is 1. The first-order valence-corrected chi connectivity index (χ1v) is 8.96. The predicted octanol–water partition coefficient (Wildman–Crippen LogP) is 4.41. The number of halogens is 2. The van der Waals surface area contributed by atoms with E-state index < -0.39 is 0 Å². The number of aromatic amines is 1. The predicted molar refractivity (Wildman–Crippen MR) is 99.7 cm³/mol. The van der Waals surface area contributed by atoms with Crippen LogP contribution < -0.4 is 10.1 Å². The van der Waals surface area contributed by atoms with Gasteiger partial charge in [0, 0.05) is 23.6 Å². The number of ether oxygens (including phenoxy) is 1. The molecule has 0 atom stereocenters. The summed E-state index contributed by atoms with van der Waals surface area (Å²) < 4.78 is 5.86. The van der Waals surface area contributed by atoms with Crippen molar-refractivity contribution in [2.75, 3.05) is 5.33 Å². The molecule has 0 spiro atoms. The van der Waals surface area contributed by atoms with Crippen molar-refractivity contribution < 1.29 is 9.53 Å². The topological polar surface area (TPSA) is 54.1 Å². The molecule has 0 unspecified atom stereocenters. The molecular weight excluding hydrogens is 392 g/mol. The SMILES string of the molecule is O=C(CBr)NCc1c[nH]c2cc(Cl)c(OCc3ccccc3)cc12. The van der Waals surface area contributed by atoms with Gasteiger partial charge >= 0.3 is 0 Å². The maximum Gasteiger partial charge on any atom is 0.230 e. The minimum atomic E-state index is -0.0566. The Bertz CT molecular complexity index is 849. The van der Waals surface area contributed by atoms with Gasteiger partial charge in [0.05, 0.1) is 10.4 Å². The summed E-state index contributed by atoms with van der Waals surface area (Å²) in [4.78, 5) is 14.6. The van der Waals surface area contributed by atoms with Gasteiger partial charge in [0.2, 0.25) is 5.91 Å². The van der Waals surface area contributed by atoms with Crippen LogP contribution in [0.15, 0.2) is 48.7 Å². The van der Waals surface area contributed by atoms with E-state index in [4.69, 9.17) is 16.3 Å². The monoisotopic (exact) mass is 406 g/mol. The Morgan fingerprint density at radius 2 is 2.04 bits per heavy atom. The number of carbonyl (C=O) groups is 1. The first-order valence-electron chi connectivity index (χ1n) is 7.46. The third-order valence-corrected chi connectivity index (χ3v) is 4.46. The number of rotatable bonds is 6. The molecule has 3 aromatic rings. The number of hydrogen-bond donors (Lipinski definition) is 2. The molecule has 1 heterocycles. The quantitative estimate of drug-likeness (QED) is 0.595. The molecule has 0 saturated carbocycles. The smallest absolute Gasteiger partial charge is 0.230 e. The van der Waals surface area contributed by atoms with E-state index >= 15 is 0 Å². The van der Waals surface area contributed by atoms with Gasteiger partial charge < -0.3 is 15.0 Å². The van der Waals surface area contributed by atoms with Crippen molar-refractivity contribution in [3.8, 4) is 5.75 Å². The lowest BCUT2D eigenvalue weighted by Crippen LogP contribution is -2.23. The highest BCUT2D eigenvalue weighted by Crippen LogP contribution is 2.32. The number of aromatic nitrogens is 1. The van der Waals surface area contributed by atoms with E-state index in [1.54, 1.807) is 0 Å². The molecule has 3 rings (SSSR count). The first kappa shape index (κ1) is 16.9. The van der Waals surface area contributed by atoms with Gasteiger partial charge in [-0.3, -0.25) is 4.79 Å². The summed E-state index contributed by atoms with van der Waals surface area (Å²) in [6, 6.07) is 13.7. The largest absolute Gasteiger partial charge is 0.487 e. The van der Waals surface area contributed by atoms with Crippen molar-refractivity contribution in [2.24, 2.45) is 0 Å². The Morgan fingerprint density at radius 3 is 2.79 bits per heavy atom. The highest BCUT2D eigenvalue weighted by atomic mass is 79.9. The normalized spacial score (nSPS) is 10.8. The Labute approximate surface area is 153 Å². The summed E-state index contributed by atoms with van der Waals surface area (Å²) in [7, 11) is 0. The van der Waals surface area contributed by atoms with Crippen molar-refractivity contribution in [1.82, 2.24) is 10.3 Å².